The molecule has 0 aliphatic carbocycles. The Balaban J connectivity index is 1.40. The highest BCUT2D eigenvalue weighted by molar-refractivity contribution is 6.04. The minimum absolute atomic E-state index is 0.289. The monoisotopic (exact) mass is 484 g/mol. The van der Waals surface area contributed by atoms with Crippen molar-refractivity contribution in [3.05, 3.63) is 89.2 Å². The lowest BCUT2D eigenvalue weighted by Gasteiger charge is -2.32. The summed E-state index contributed by atoms with van der Waals surface area (Å²) in [6.07, 6.45) is 0. The second-order valence-corrected chi connectivity index (χ2v) is 9.15. The van der Waals surface area contributed by atoms with Crippen molar-refractivity contribution in [1.82, 2.24) is 14.9 Å². The number of carbonyl (C=O) groups excluding carboxylic acids is 1. The number of nitrogens with zero attached hydrogens (tertiary/aromatic N) is 4. The molecular formula is C28H29FN6O. The van der Waals surface area contributed by atoms with Crippen LogP contribution in [0.5, 0.6) is 0 Å². The number of benzene rings is 3. The quantitative estimate of drug-likeness (QED) is 0.414. The number of hydrogen-bond donors (Lipinski definition) is 2. The zero-order valence-electron chi connectivity index (χ0n) is 20.5. The van der Waals surface area contributed by atoms with E-state index in [0.29, 0.717) is 17.8 Å². The SMILES string of the molecule is Cc1ccc2nc(N3CCN(C)CC3)nc(NCc3ccccc3NC(=O)c3ccc(F)cc3)c2c1. The average molecular weight is 485 g/mol. The highest BCUT2D eigenvalue weighted by Crippen LogP contribution is 2.27. The van der Waals surface area contributed by atoms with E-state index in [1.54, 1.807) is 0 Å². The Kier molecular flexibility index (Phi) is 6.77. The van der Waals surface area contributed by atoms with Gasteiger partial charge in [0, 0.05) is 49.4 Å². The summed E-state index contributed by atoms with van der Waals surface area (Å²) < 4.78 is 13.2. The molecule has 0 saturated carbocycles. The first-order valence-corrected chi connectivity index (χ1v) is 12.1. The maximum atomic E-state index is 13.2. The van der Waals surface area contributed by atoms with Gasteiger partial charge in [-0.2, -0.15) is 4.98 Å². The van der Waals surface area contributed by atoms with E-state index >= 15 is 0 Å². The van der Waals surface area contributed by atoms with Gasteiger partial charge in [-0.25, -0.2) is 9.37 Å². The number of nitrogens with one attached hydrogen (secondary N) is 2. The topological polar surface area (TPSA) is 73.4 Å². The third kappa shape index (κ3) is 5.28. The molecule has 1 aliphatic rings. The Morgan fingerprint density at radius 1 is 0.972 bits per heavy atom. The molecule has 0 atom stereocenters. The summed E-state index contributed by atoms with van der Waals surface area (Å²) in [7, 11) is 2.13. The number of anilines is 3. The van der Waals surface area contributed by atoms with Crippen LogP contribution < -0.4 is 15.5 Å². The van der Waals surface area contributed by atoms with E-state index in [1.807, 2.05) is 30.3 Å². The molecule has 36 heavy (non-hydrogen) atoms. The van der Waals surface area contributed by atoms with Crippen molar-refractivity contribution in [2.75, 3.05) is 48.8 Å². The van der Waals surface area contributed by atoms with Gasteiger partial charge in [0.15, 0.2) is 0 Å². The first-order valence-electron chi connectivity index (χ1n) is 12.1. The van der Waals surface area contributed by atoms with Crippen LogP contribution >= 0.6 is 0 Å². The van der Waals surface area contributed by atoms with Gasteiger partial charge in [-0.3, -0.25) is 4.79 Å². The molecule has 2 N–H and O–H groups in total. The molecule has 7 nitrogen and oxygen atoms in total. The van der Waals surface area contributed by atoms with Crippen molar-refractivity contribution in [3.63, 3.8) is 0 Å². The van der Waals surface area contributed by atoms with E-state index in [9.17, 15) is 9.18 Å². The maximum Gasteiger partial charge on any atom is 0.255 e. The Hall–Kier alpha value is -4.04. The number of amides is 1. The summed E-state index contributed by atoms with van der Waals surface area (Å²) in [5.41, 5.74) is 4.02. The fourth-order valence-corrected chi connectivity index (χ4v) is 4.28. The van der Waals surface area contributed by atoms with Gasteiger partial charge in [0.1, 0.15) is 11.6 Å². The molecule has 3 aromatic carbocycles. The van der Waals surface area contributed by atoms with E-state index in [-0.39, 0.29) is 11.7 Å². The minimum atomic E-state index is -0.376. The lowest BCUT2D eigenvalue weighted by molar-refractivity contribution is 0.102. The third-order valence-electron chi connectivity index (χ3n) is 6.44. The summed E-state index contributed by atoms with van der Waals surface area (Å²) in [5.74, 6) is 0.819. The number of piperazine rings is 1. The molecule has 1 fully saturated rings. The van der Waals surface area contributed by atoms with E-state index in [2.05, 4.69) is 46.5 Å². The average Bonchev–Trinajstić information content (AvgIpc) is 2.89. The molecule has 8 heteroatoms. The first kappa shape index (κ1) is 23.7. The van der Waals surface area contributed by atoms with Crippen LogP contribution in [0.25, 0.3) is 10.9 Å². The van der Waals surface area contributed by atoms with Gasteiger partial charge in [0.25, 0.3) is 5.91 Å². The Morgan fingerprint density at radius 2 is 1.72 bits per heavy atom. The number of fused-ring (bicyclic) bond motifs is 1. The van der Waals surface area contributed by atoms with E-state index < -0.39 is 0 Å². The second-order valence-electron chi connectivity index (χ2n) is 9.15. The Bertz CT molecular complexity index is 1380. The number of rotatable bonds is 6. The number of halogens is 1. The summed E-state index contributed by atoms with van der Waals surface area (Å²) in [6.45, 7) is 6.22. The lowest BCUT2D eigenvalue weighted by atomic mass is 10.1. The summed E-state index contributed by atoms with van der Waals surface area (Å²) in [4.78, 5) is 27.0. The molecule has 0 spiro atoms. The van der Waals surface area contributed by atoms with Crippen molar-refractivity contribution >= 4 is 34.3 Å². The highest BCUT2D eigenvalue weighted by Gasteiger charge is 2.19. The smallest absolute Gasteiger partial charge is 0.255 e. The van der Waals surface area contributed by atoms with Crippen LogP contribution in [-0.2, 0) is 6.54 Å². The van der Waals surface area contributed by atoms with Gasteiger partial charge in [-0.1, -0.05) is 29.8 Å². The van der Waals surface area contributed by atoms with Gasteiger partial charge in [-0.05, 0) is 62.0 Å². The van der Waals surface area contributed by atoms with Gasteiger partial charge in [0.05, 0.1) is 5.52 Å². The number of aromatic nitrogens is 2. The van der Waals surface area contributed by atoms with Crippen LogP contribution in [0.4, 0.5) is 21.8 Å². The maximum absolute atomic E-state index is 13.2. The van der Waals surface area contributed by atoms with Gasteiger partial charge < -0.3 is 20.4 Å². The molecule has 5 rings (SSSR count). The predicted octanol–water partition coefficient (Wildman–Crippen LogP) is 4.69. The molecule has 2 heterocycles. The van der Waals surface area contributed by atoms with Crippen LogP contribution in [0.1, 0.15) is 21.5 Å². The molecule has 1 amide bonds. The van der Waals surface area contributed by atoms with Crippen molar-refractivity contribution < 1.29 is 9.18 Å². The van der Waals surface area contributed by atoms with Gasteiger partial charge in [0.2, 0.25) is 5.95 Å². The van der Waals surface area contributed by atoms with Crippen molar-refractivity contribution in [1.29, 1.82) is 0 Å². The summed E-state index contributed by atoms with van der Waals surface area (Å²) in [5, 5.41) is 7.40. The van der Waals surface area contributed by atoms with Crippen LogP contribution in [0.2, 0.25) is 0 Å². The van der Waals surface area contributed by atoms with Gasteiger partial charge >= 0.3 is 0 Å². The van der Waals surface area contributed by atoms with Gasteiger partial charge in [-0.15, -0.1) is 0 Å². The second kappa shape index (κ2) is 10.3. The largest absolute Gasteiger partial charge is 0.365 e. The molecule has 0 unspecified atom stereocenters. The molecule has 0 radical (unpaired) electrons. The fourth-order valence-electron chi connectivity index (χ4n) is 4.28. The number of carbonyl (C=O) groups is 1. The molecule has 1 aromatic heterocycles. The van der Waals surface area contributed by atoms with E-state index in [4.69, 9.17) is 9.97 Å². The number of hydrogen-bond acceptors (Lipinski definition) is 6. The number of aryl methyl sites for hydroxylation is 1. The molecule has 1 saturated heterocycles. The third-order valence-corrected chi connectivity index (χ3v) is 6.44. The summed E-state index contributed by atoms with van der Waals surface area (Å²) >= 11 is 0. The van der Waals surface area contributed by atoms with E-state index in [1.165, 1.54) is 24.3 Å². The van der Waals surface area contributed by atoms with Crippen molar-refractivity contribution in [2.45, 2.75) is 13.5 Å². The molecular weight excluding hydrogens is 455 g/mol. The molecule has 184 valence electrons. The molecule has 1 aliphatic heterocycles. The van der Waals surface area contributed by atoms with Crippen LogP contribution in [0.3, 0.4) is 0 Å². The highest BCUT2D eigenvalue weighted by atomic mass is 19.1. The number of para-hydroxylation sites is 1. The van der Waals surface area contributed by atoms with Crippen molar-refractivity contribution in [2.24, 2.45) is 0 Å². The Morgan fingerprint density at radius 3 is 2.50 bits per heavy atom. The fraction of sp³-hybridized carbons (Fsp3) is 0.250. The standard InChI is InChI=1S/C28H29FN6O/c1-19-7-12-25-23(17-19)26(33-28(32-25)35-15-13-34(2)14-16-35)30-18-21-5-3-4-6-24(21)31-27(36)20-8-10-22(29)11-9-20/h3-12,17H,13-16,18H2,1-2H3,(H,31,36)(H,30,32,33). The summed E-state index contributed by atoms with van der Waals surface area (Å²) in [6, 6.07) is 19.3. The van der Waals surface area contributed by atoms with Crippen LogP contribution in [0, 0.1) is 12.7 Å². The molecule has 0 bridgehead atoms. The number of likely N-dealkylation sites (N-methyl/N-ethyl adjacent to an activating group) is 1. The minimum Gasteiger partial charge on any atom is -0.365 e. The molecule has 4 aromatic rings. The van der Waals surface area contributed by atoms with Crippen LogP contribution in [-0.4, -0.2) is 54.0 Å². The first-order chi connectivity index (χ1) is 17.5. The lowest BCUT2D eigenvalue weighted by Crippen LogP contribution is -2.45. The zero-order valence-corrected chi connectivity index (χ0v) is 20.5. The van der Waals surface area contributed by atoms with Crippen molar-refractivity contribution in [3.8, 4) is 0 Å². The predicted molar refractivity (Wildman–Crippen MR) is 142 cm³/mol. The Labute approximate surface area is 210 Å². The van der Waals surface area contributed by atoms with E-state index in [0.717, 1.165) is 60.0 Å². The normalized spacial score (nSPS) is 14.1. The zero-order chi connectivity index (χ0) is 25.1. The van der Waals surface area contributed by atoms with Crippen LogP contribution in [0.15, 0.2) is 66.7 Å².